The molecule has 4 nitrogen and oxygen atoms in total. The quantitative estimate of drug-likeness (QED) is 0.763. The van der Waals surface area contributed by atoms with Gasteiger partial charge in [-0.15, -0.1) is 22.7 Å². The van der Waals surface area contributed by atoms with Crippen molar-refractivity contribution in [2.24, 2.45) is 0 Å². The van der Waals surface area contributed by atoms with Gasteiger partial charge in [0.05, 0.1) is 18.6 Å². The zero-order valence-corrected chi connectivity index (χ0v) is 17.1. The molecule has 0 aromatic carbocycles. The molecular weight excluding hydrogens is 378 g/mol. The smallest absolute Gasteiger partial charge is 0.336 e. The van der Waals surface area contributed by atoms with Gasteiger partial charge in [-0.25, -0.2) is 4.79 Å². The molecule has 0 spiro atoms. The molecule has 4 rings (SSSR count). The van der Waals surface area contributed by atoms with Gasteiger partial charge in [0.1, 0.15) is 0 Å². The maximum absolute atomic E-state index is 13.2. The maximum atomic E-state index is 13.2. The van der Waals surface area contributed by atoms with Crippen molar-refractivity contribution in [3.8, 4) is 0 Å². The molecule has 2 aromatic rings. The Labute approximate surface area is 166 Å². The van der Waals surface area contributed by atoms with Crippen LogP contribution < -0.4 is 5.32 Å². The van der Waals surface area contributed by atoms with E-state index in [9.17, 15) is 9.59 Å². The van der Waals surface area contributed by atoms with Crippen molar-refractivity contribution in [3.05, 3.63) is 66.8 Å². The predicted molar refractivity (Wildman–Crippen MR) is 108 cm³/mol. The van der Waals surface area contributed by atoms with Crippen LogP contribution in [0.1, 0.15) is 46.2 Å². The molecule has 2 aromatic heterocycles. The number of nitrogens with one attached hydrogen (secondary N) is 1. The van der Waals surface area contributed by atoms with Gasteiger partial charge >= 0.3 is 5.97 Å². The second-order valence-electron chi connectivity index (χ2n) is 6.97. The molecule has 27 heavy (non-hydrogen) atoms. The van der Waals surface area contributed by atoms with Crippen LogP contribution in [0.15, 0.2) is 52.2 Å². The highest BCUT2D eigenvalue weighted by atomic mass is 32.1. The van der Waals surface area contributed by atoms with Crippen LogP contribution in [0.3, 0.4) is 0 Å². The van der Waals surface area contributed by atoms with Gasteiger partial charge in [-0.1, -0.05) is 6.07 Å². The van der Waals surface area contributed by atoms with Crippen LogP contribution in [-0.2, 0) is 14.3 Å². The number of rotatable bonds is 3. The van der Waals surface area contributed by atoms with Crippen LogP contribution in [0.2, 0.25) is 0 Å². The minimum atomic E-state index is -0.379. The summed E-state index contributed by atoms with van der Waals surface area (Å²) in [7, 11) is 1.39. The van der Waals surface area contributed by atoms with Crippen LogP contribution in [0.4, 0.5) is 0 Å². The minimum absolute atomic E-state index is 0.118. The van der Waals surface area contributed by atoms with Gasteiger partial charge in [-0.3, -0.25) is 4.79 Å². The van der Waals surface area contributed by atoms with Gasteiger partial charge in [-0.2, -0.15) is 0 Å². The van der Waals surface area contributed by atoms with E-state index < -0.39 is 0 Å². The topological polar surface area (TPSA) is 55.4 Å². The Kier molecular flexibility index (Phi) is 4.78. The van der Waals surface area contributed by atoms with Crippen LogP contribution in [0.5, 0.6) is 0 Å². The van der Waals surface area contributed by atoms with Crippen molar-refractivity contribution in [2.45, 2.75) is 38.5 Å². The second kappa shape index (κ2) is 7.09. The predicted octanol–water partition coefficient (Wildman–Crippen LogP) is 4.65. The molecule has 2 atom stereocenters. The lowest BCUT2D eigenvalue weighted by molar-refractivity contribution is -0.136. The Morgan fingerprint density at radius 3 is 2.63 bits per heavy atom. The van der Waals surface area contributed by atoms with Crippen molar-refractivity contribution in [2.75, 3.05) is 7.11 Å². The van der Waals surface area contributed by atoms with Crippen molar-refractivity contribution < 1.29 is 14.3 Å². The Hall–Kier alpha value is -2.18. The second-order valence-corrected chi connectivity index (χ2v) is 9.27. The highest BCUT2D eigenvalue weighted by Crippen LogP contribution is 2.47. The Morgan fingerprint density at radius 1 is 1.19 bits per heavy atom. The van der Waals surface area contributed by atoms with E-state index >= 15 is 0 Å². The Balaban J connectivity index is 1.81. The van der Waals surface area contributed by atoms with Gasteiger partial charge in [0.25, 0.3) is 0 Å². The lowest BCUT2D eigenvalue weighted by Crippen LogP contribution is -2.35. The lowest BCUT2D eigenvalue weighted by atomic mass is 9.74. The van der Waals surface area contributed by atoms with Crippen LogP contribution in [0.25, 0.3) is 0 Å². The first kappa shape index (κ1) is 18.2. The first-order valence-corrected chi connectivity index (χ1v) is 10.6. The van der Waals surface area contributed by atoms with Gasteiger partial charge in [0.2, 0.25) is 0 Å². The number of allylic oxidation sites excluding steroid dienone is 3. The third kappa shape index (κ3) is 3.17. The van der Waals surface area contributed by atoms with E-state index in [1.54, 1.807) is 22.7 Å². The molecule has 0 radical (unpaired) electrons. The lowest BCUT2D eigenvalue weighted by Gasteiger charge is -2.35. The van der Waals surface area contributed by atoms with Crippen molar-refractivity contribution in [1.82, 2.24) is 5.32 Å². The number of Topliss-reactive ketones (excluding diaryl/α,β-unsaturated/α-hetero) is 1. The number of carbonyl (C=O) groups is 2. The van der Waals surface area contributed by atoms with E-state index in [-0.39, 0.29) is 23.6 Å². The summed E-state index contributed by atoms with van der Waals surface area (Å²) in [5, 5.41) is 5.41. The average molecular weight is 400 g/mol. The maximum Gasteiger partial charge on any atom is 0.336 e. The standard InChI is InChI=1S/C21H21NO3S2/c1-11-6-7-17(27-11)20-18(21(24)25-3)12(2)22-14-9-13(10-15(23)19(14)20)16-5-4-8-26-16/h4-8,13,20,22H,9-10H2,1-3H3/t13-,20-/m0/s1. The van der Waals surface area contributed by atoms with Gasteiger partial charge in [0.15, 0.2) is 5.78 Å². The van der Waals surface area contributed by atoms with E-state index in [4.69, 9.17) is 4.74 Å². The molecular formula is C21H21NO3S2. The number of dihydropyridines is 1. The summed E-state index contributed by atoms with van der Waals surface area (Å²) in [5.74, 6) is -0.408. The minimum Gasteiger partial charge on any atom is -0.466 e. The monoisotopic (exact) mass is 399 g/mol. The highest BCUT2D eigenvalue weighted by molar-refractivity contribution is 7.12. The largest absolute Gasteiger partial charge is 0.466 e. The fourth-order valence-electron chi connectivity index (χ4n) is 4.04. The molecule has 1 aliphatic carbocycles. The Morgan fingerprint density at radius 2 is 2.00 bits per heavy atom. The van der Waals surface area contributed by atoms with Gasteiger partial charge in [-0.05, 0) is 43.8 Å². The normalized spacial score (nSPS) is 22.6. The van der Waals surface area contributed by atoms with Gasteiger partial charge in [0, 0.05) is 43.9 Å². The zero-order valence-electron chi connectivity index (χ0n) is 15.5. The van der Waals surface area contributed by atoms with Crippen LogP contribution in [-0.4, -0.2) is 18.9 Å². The summed E-state index contributed by atoms with van der Waals surface area (Å²) >= 11 is 3.32. The Bertz CT molecular complexity index is 965. The summed E-state index contributed by atoms with van der Waals surface area (Å²) in [4.78, 5) is 29.2. The molecule has 3 heterocycles. The van der Waals surface area contributed by atoms with E-state index in [1.807, 2.05) is 32.0 Å². The summed E-state index contributed by atoms with van der Waals surface area (Å²) in [6, 6.07) is 8.18. The molecule has 2 aliphatic rings. The molecule has 1 aliphatic heterocycles. The third-order valence-electron chi connectivity index (χ3n) is 5.22. The number of esters is 1. The SMILES string of the molecule is COC(=O)C1=C(C)NC2=C(C(=O)C[C@@H](c3cccs3)C2)[C@H]1c1ccc(C)s1. The molecule has 6 heteroatoms. The zero-order chi connectivity index (χ0) is 19.1. The third-order valence-corrected chi connectivity index (χ3v) is 7.32. The number of aryl methyl sites for hydroxylation is 1. The highest BCUT2D eigenvalue weighted by Gasteiger charge is 2.41. The van der Waals surface area contributed by atoms with Crippen molar-refractivity contribution in [3.63, 3.8) is 0 Å². The van der Waals surface area contributed by atoms with E-state index in [2.05, 4.69) is 16.8 Å². The molecule has 0 saturated heterocycles. The van der Waals surface area contributed by atoms with Crippen molar-refractivity contribution >= 4 is 34.4 Å². The summed E-state index contributed by atoms with van der Waals surface area (Å²) < 4.78 is 5.05. The molecule has 0 fully saturated rings. The first-order valence-electron chi connectivity index (χ1n) is 8.91. The molecule has 0 amide bonds. The summed E-state index contributed by atoms with van der Waals surface area (Å²) in [6.45, 7) is 3.93. The number of ketones is 1. The van der Waals surface area contributed by atoms with Gasteiger partial charge < -0.3 is 10.1 Å². The summed E-state index contributed by atoms with van der Waals surface area (Å²) in [5.41, 5.74) is 3.00. The van der Waals surface area contributed by atoms with E-state index in [0.29, 0.717) is 12.0 Å². The summed E-state index contributed by atoms with van der Waals surface area (Å²) in [6.07, 6.45) is 1.27. The number of hydrogen-bond acceptors (Lipinski definition) is 6. The fraction of sp³-hybridized carbons (Fsp3) is 0.333. The molecule has 0 saturated carbocycles. The van der Waals surface area contributed by atoms with E-state index in [0.717, 1.165) is 33.1 Å². The molecule has 1 N–H and O–H groups in total. The van der Waals surface area contributed by atoms with Crippen molar-refractivity contribution in [1.29, 1.82) is 0 Å². The van der Waals surface area contributed by atoms with E-state index in [1.165, 1.54) is 12.0 Å². The van der Waals surface area contributed by atoms with Crippen LogP contribution >= 0.6 is 22.7 Å². The first-order chi connectivity index (χ1) is 13.0. The molecule has 0 bridgehead atoms. The number of methoxy groups -OCH3 is 1. The number of carbonyl (C=O) groups excluding carboxylic acids is 2. The van der Waals surface area contributed by atoms with Crippen LogP contribution in [0, 0.1) is 6.92 Å². The number of hydrogen-bond donors (Lipinski definition) is 1. The molecule has 0 unspecified atom stereocenters. The fourth-order valence-corrected chi connectivity index (χ4v) is 5.87. The molecule has 140 valence electrons. The number of thiophene rings is 2. The average Bonchev–Trinajstić information content (AvgIpc) is 3.31. The number of ether oxygens (including phenoxy) is 1.